The van der Waals surface area contributed by atoms with Crippen LogP contribution < -0.4 is 0 Å². The molecule has 2 aromatic rings. The summed E-state index contributed by atoms with van der Waals surface area (Å²) in [4.78, 5) is 28.3. The number of rotatable bonds is 3. The molecule has 0 unspecified atom stereocenters. The molecule has 1 aromatic carbocycles. The number of nitrogens with zero attached hydrogens (tertiary/aromatic N) is 4. The van der Waals surface area contributed by atoms with Crippen LogP contribution in [0.15, 0.2) is 36.7 Å². The normalized spacial score (nSPS) is 14.7. The smallest absolute Gasteiger partial charge is 0.253 e. The maximum Gasteiger partial charge on any atom is 0.253 e. The lowest BCUT2D eigenvalue weighted by atomic mass is 10.1. The van der Waals surface area contributed by atoms with Crippen LogP contribution >= 0.6 is 0 Å². The van der Waals surface area contributed by atoms with Gasteiger partial charge in [0, 0.05) is 45.0 Å². The Bertz CT molecular complexity index is 731. The van der Waals surface area contributed by atoms with E-state index < -0.39 is 0 Å². The summed E-state index contributed by atoms with van der Waals surface area (Å²) in [6.45, 7) is 2.09. The summed E-state index contributed by atoms with van der Waals surface area (Å²) in [6, 6.07) is 6.22. The van der Waals surface area contributed by atoms with Gasteiger partial charge in [-0.3, -0.25) is 14.3 Å². The second-order valence-electron chi connectivity index (χ2n) is 5.92. The molecule has 7 nitrogen and oxygen atoms in total. The van der Waals surface area contributed by atoms with Crippen LogP contribution in [0.5, 0.6) is 5.75 Å². The van der Waals surface area contributed by atoms with Crippen LogP contribution in [0, 0.1) is 0 Å². The number of amides is 2. The highest BCUT2D eigenvalue weighted by molar-refractivity contribution is 5.94. The molecule has 7 heteroatoms. The van der Waals surface area contributed by atoms with Gasteiger partial charge in [0.05, 0.1) is 12.6 Å². The van der Waals surface area contributed by atoms with Gasteiger partial charge in [-0.15, -0.1) is 0 Å². The zero-order valence-electron chi connectivity index (χ0n) is 13.6. The van der Waals surface area contributed by atoms with Crippen LogP contribution in [-0.4, -0.2) is 62.7 Å². The molecule has 1 fully saturated rings. The number of carbonyl (C=O) groups is 2. The lowest BCUT2D eigenvalue weighted by Crippen LogP contribution is -2.51. The predicted molar refractivity (Wildman–Crippen MR) is 87.5 cm³/mol. The van der Waals surface area contributed by atoms with Crippen molar-refractivity contribution in [3.8, 4) is 5.75 Å². The first-order valence-corrected chi connectivity index (χ1v) is 7.86. The Morgan fingerprint density at radius 1 is 1.08 bits per heavy atom. The number of aromatic nitrogens is 2. The number of benzene rings is 1. The van der Waals surface area contributed by atoms with E-state index in [2.05, 4.69) is 5.10 Å². The summed E-state index contributed by atoms with van der Waals surface area (Å²) in [5.74, 6) is 0.117. The van der Waals surface area contributed by atoms with Crippen molar-refractivity contribution < 1.29 is 14.7 Å². The van der Waals surface area contributed by atoms with Crippen molar-refractivity contribution in [3.05, 3.63) is 47.8 Å². The van der Waals surface area contributed by atoms with Crippen LogP contribution in [0.4, 0.5) is 0 Å². The van der Waals surface area contributed by atoms with Gasteiger partial charge in [-0.05, 0) is 29.8 Å². The second kappa shape index (κ2) is 6.74. The van der Waals surface area contributed by atoms with Crippen LogP contribution in [0.1, 0.15) is 15.9 Å². The van der Waals surface area contributed by atoms with Crippen molar-refractivity contribution in [2.75, 3.05) is 26.2 Å². The Labute approximate surface area is 140 Å². The molecule has 0 radical (unpaired) electrons. The molecule has 0 spiro atoms. The van der Waals surface area contributed by atoms with Crippen molar-refractivity contribution in [1.82, 2.24) is 19.6 Å². The minimum absolute atomic E-state index is 0.0553. The van der Waals surface area contributed by atoms with Crippen LogP contribution in [-0.2, 0) is 18.3 Å². The molecule has 0 bridgehead atoms. The number of hydrogen-bond donors (Lipinski definition) is 1. The fraction of sp³-hybridized carbons (Fsp3) is 0.353. The van der Waals surface area contributed by atoms with E-state index in [1.807, 2.05) is 13.2 Å². The Balaban J connectivity index is 1.54. The third-order valence-electron chi connectivity index (χ3n) is 4.15. The van der Waals surface area contributed by atoms with Gasteiger partial charge in [-0.2, -0.15) is 5.10 Å². The third-order valence-corrected chi connectivity index (χ3v) is 4.15. The number of carbonyl (C=O) groups excluding carboxylic acids is 2. The number of aryl methyl sites for hydroxylation is 1. The van der Waals surface area contributed by atoms with Crippen molar-refractivity contribution >= 4 is 11.8 Å². The molecular formula is C17H20N4O3. The Hall–Kier alpha value is -2.83. The number of phenolic OH excluding ortho intramolecular Hbond substituents is 1. The molecule has 3 rings (SSSR count). The SMILES string of the molecule is Cn1cc(CC(=O)N2CCN(C(=O)c3ccc(O)cc3)CC2)cn1. The number of hydrogen-bond acceptors (Lipinski definition) is 4. The summed E-state index contributed by atoms with van der Waals surface area (Å²) in [6.07, 6.45) is 3.87. The molecule has 1 N–H and O–H groups in total. The first-order chi connectivity index (χ1) is 11.5. The first kappa shape index (κ1) is 16.0. The molecule has 1 aliphatic rings. The van der Waals surface area contributed by atoms with Crippen molar-refractivity contribution in [1.29, 1.82) is 0 Å². The van der Waals surface area contributed by atoms with Crippen molar-refractivity contribution in [3.63, 3.8) is 0 Å². The van der Waals surface area contributed by atoms with E-state index in [0.717, 1.165) is 5.56 Å². The van der Waals surface area contributed by atoms with E-state index in [4.69, 9.17) is 0 Å². The Morgan fingerprint density at radius 3 is 2.29 bits per heavy atom. The maximum absolute atomic E-state index is 12.4. The zero-order chi connectivity index (χ0) is 17.1. The van der Waals surface area contributed by atoms with Gasteiger partial charge < -0.3 is 14.9 Å². The highest BCUT2D eigenvalue weighted by atomic mass is 16.3. The Morgan fingerprint density at radius 2 is 1.71 bits per heavy atom. The highest BCUT2D eigenvalue weighted by Gasteiger charge is 2.25. The van der Waals surface area contributed by atoms with Gasteiger partial charge in [-0.1, -0.05) is 0 Å². The van der Waals surface area contributed by atoms with E-state index in [1.165, 1.54) is 12.1 Å². The summed E-state index contributed by atoms with van der Waals surface area (Å²) in [5, 5.41) is 13.4. The molecular weight excluding hydrogens is 308 g/mol. The average Bonchev–Trinajstić information content (AvgIpc) is 3.00. The lowest BCUT2D eigenvalue weighted by molar-refractivity contribution is -0.131. The average molecular weight is 328 g/mol. The van der Waals surface area contributed by atoms with Crippen molar-refractivity contribution in [2.45, 2.75) is 6.42 Å². The molecule has 0 aliphatic carbocycles. The van der Waals surface area contributed by atoms with E-state index in [1.54, 1.807) is 32.8 Å². The Kier molecular flexibility index (Phi) is 4.50. The minimum atomic E-state index is -0.0747. The molecule has 1 saturated heterocycles. The molecule has 2 heterocycles. The monoisotopic (exact) mass is 328 g/mol. The highest BCUT2D eigenvalue weighted by Crippen LogP contribution is 2.14. The van der Waals surface area contributed by atoms with E-state index in [-0.39, 0.29) is 17.6 Å². The van der Waals surface area contributed by atoms with E-state index in [9.17, 15) is 14.7 Å². The molecule has 0 atom stereocenters. The molecule has 1 aromatic heterocycles. The third kappa shape index (κ3) is 3.56. The van der Waals surface area contributed by atoms with Crippen LogP contribution in [0.3, 0.4) is 0 Å². The largest absolute Gasteiger partial charge is 0.508 e. The zero-order valence-corrected chi connectivity index (χ0v) is 13.6. The first-order valence-electron chi connectivity index (χ1n) is 7.86. The van der Waals surface area contributed by atoms with Crippen molar-refractivity contribution in [2.24, 2.45) is 7.05 Å². The number of piperazine rings is 1. The number of phenols is 1. The van der Waals surface area contributed by atoms with E-state index in [0.29, 0.717) is 38.2 Å². The van der Waals surface area contributed by atoms with Gasteiger partial charge in [0.15, 0.2) is 0 Å². The summed E-state index contributed by atoms with van der Waals surface area (Å²) in [7, 11) is 1.82. The topological polar surface area (TPSA) is 78.7 Å². The van der Waals surface area contributed by atoms with Gasteiger partial charge in [0.1, 0.15) is 5.75 Å². The summed E-state index contributed by atoms with van der Waals surface area (Å²) < 4.78 is 1.68. The molecule has 0 saturated carbocycles. The lowest BCUT2D eigenvalue weighted by Gasteiger charge is -2.34. The van der Waals surface area contributed by atoms with Crippen LogP contribution in [0.2, 0.25) is 0 Å². The second-order valence-corrected chi connectivity index (χ2v) is 5.92. The molecule has 1 aliphatic heterocycles. The fourth-order valence-corrected chi connectivity index (χ4v) is 2.80. The fourth-order valence-electron chi connectivity index (χ4n) is 2.80. The molecule has 2 amide bonds. The quantitative estimate of drug-likeness (QED) is 0.897. The van der Waals surface area contributed by atoms with E-state index >= 15 is 0 Å². The summed E-state index contributed by atoms with van der Waals surface area (Å²) >= 11 is 0. The standard InChI is InChI=1S/C17H20N4O3/c1-19-12-13(11-18-19)10-16(23)20-6-8-21(9-7-20)17(24)14-2-4-15(22)5-3-14/h2-5,11-12,22H,6-10H2,1H3. The number of aromatic hydroxyl groups is 1. The van der Waals surface area contributed by atoms with Gasteiger partial charge in [0.25, 0.3) is 5.91 Å². The van der Waals surface area contributed by atoms with Gasteiger partial charge in [-0.25, -0.2) is 0 Å². The van der Waals surface area contributed by atoms with Gasteiger partial charge in [0.2, 0.25) is 5.91 Å². The van der Waals surface area contributed by atoms with Gasteiger partial charge >= 0.3 is 0 Å². The molecule has 126 valence electrons. The summed E-state index contributed by atoms with van der Waals surface area (Å²) in [5.41, 5.74) is 1.44. The van der Waals surface area contributed by atoms with Crippen LogP contribution in [0.25, 0.3) is 0 Å². The predicted octanol–water partition coefficient (Wildman–Crippen LogP) is 0.653. The maximum atomic E-state index is 12.4. The molecule has 24 heavy (non-hydrogen) atoms. The minimum Gasteiger partial charge on any atom is -0.508 e.